The molecule has 0 aliphatic carbocycles. The number of rotatable bonds is 0. The number of nitrogens with two attached hydrogens (primary N) is 4. The van der Waals surface area contributed by atoms with Crippen LogP contribution in [0.3, 0.4) is 0 Å². The zero-order valence-corrected chi connectivity index (χ0v) is 6.29. The highest BCUT2D eigenvalue weighted by molar-refractivity contribution is 5.71. The fraction of sp³-hybridized carbons (Fsp3) is 0. The number of hydrazone groups is 2. The molecule has 0 atom stereocenters. The van der Waals surface area contributed by atoms with Crippen molar-refractivity contribution in [1.29, 1.82) is 0 Å². The van der Waals surface area contributed by atoms with Crippen LogP contribution in [0.2, 0.25) is 0 Å². The van der Waals surface area contributed by atoms with Gasteiger partial charge in [-0.15, -0.1) is 0 Å². The van der Waals surface area contributed by atoms with Crippen LogP contribution in [0.1, 0.15) is 0 Å². The van der Waals surface area contributed by atoms with Gasteiger partial charge in [0.2, 0.25) is 0 Å². The lowest BCUT2D eigenvalue weighted by molar-refractivity contribution is -0.554. The number of hydrogen-bond acceptors (Lipinski definition) is 3. The minimum Gasteiger partial charge on any atom is -1.00 e. The van der Waals surface area contributed by atoms with Gasteiger partial charge >= 0.3 is 5.96 Å². The van der Waals surface area contributed by atoms with E-state index in [9.17, 15) is 0 Å². The first-order chi connectivity index (χ1) is 3.18. The van der Waals surface area contributed by atoms with Crippen LogP contribution >= 0.6 is 0 Å². The lowest BCUT2D eigenvalue weighted by atomic mass is 11.1. The second-order valence-corrected chi connectivity index (χ2v) is 0.937. The van der Waals surface area contributed by atoms with Gasteiger partial charge in [-0.2, -0.15) is 5.84 Å². The van der Waals surface area contributed by atoms with E-state index in [-0.39, 0.29) is 29.9 Å². The van der Waals surface area contributed by atoms with E-state index in [0.717, 1.165) is 0 Å². The predicted octanol–water partition coefficient (Wildman–Crippen LogP) is -6.47. The lowest BCUT2D eigenvalue weighted by Crippen LogP contribution is -3.00. The minimum absolute atomic E-state index is 0. The number of guanidine groups is 1. The molecule has 9 N–H and O–H groups in total. The number of halogens is 1. The molecule has 0 saturated heterocycles. The van der Waals surface area contributed by atoms with Crippen molar-refractivity contribution in [3.63, 3.8) is 0 Å². The van der Waals surface area contributed by atoms with Crippen molar-refractivity contribution >= 4 is 5.96 Å². The Morgan fingerprint density at radius 1 is 1.38 bits per heavy atom. The zero-order chi connectivity index (χ0) is 5.86. The van der Waals surface area contributed by atoms with Crippen LogP contribution in [0, 0.1) is 0 Å². The molecule has 0 aromatic carbocycles. The summed E-state index contributed by atoms with van der Waals surface area (Å²) in [4.78, 5) is 0.681. The molecule has 0 saturated carbocycles. The third-order valence-electron chi connectivity index (χ3n) is 0.426. The third-order valence-corrected chi connectivity index (χ3v) is 0.426. The maximum Gasteiger partial charge on any atom is 0.404 e. The summed E-state index contributed by atoms with van der Waals surface area (Å²) >= 11 is 0. The first-order valence-electron chi connectivity index (χ1n) is 1.57. The molecule has 50 valence electrons. The molecule has 7 heteroatoms. The van der Waals surface area contributed by atoms with Crippen molar-refractivity contribution in [1.82, 2.24) is 5.43 Å². The fourth-order valence-electron chi connectivity index (χ4n) is 0.0745. The van der Waals surface area contributed by atoms with E-state index in [0.29, 0.717) is 4.79 Å². The number of hydrogen-bond donors (Lipinski definition) is 5. The monoisotopic (exact) mass is 232 g/mol. The maximum absolute atomic E-state index is 4.97. The number of hydrazine groups is 3. The Hall–Kier alpha value is -0.440. The highest BCUT2D eigenvalue weighted by Gasteiger charge is 1.93. The molecule has 0 radical (unpaired) electrons. The van der Waals surface area contributed by atoms with Gasteiger partial charge in [0.25, 0.3) is 0 Å². The molecule has 6 nitrogen and oxygen atoms in total. The second-order valence-electron chi connectivity index (χ2n) is 0.937. The van der Waals surface area contributed by atoms with Gasteiger partial charge in [-0.25, -0.2) is 5.43 Å². The summed E-state index contributed by atoms with van der Waals surface area (Å²) in [6.07, 6.45) is 0. The maximum atomic E-state index is 4.97. The zero-order valence-electron chi connectivity index (χ0n) is 4.13. The van der Waals surface area contributed by atoms with E-state index in [2.05, 4.69) is 0 Å². The van der Waals surface area contributed by atoms with Crippen molar-refractivity contribution in [2.75, 3.05) is 0 Å². The van der Waals surface area contributed by atoms with E-state index in [1.54, 1.807) is 0 Å². The van der Waals surface area contributed by atoms with Crippen LogP contribution in [0.4, 0.5) is 0 Å². The quantitative estimate of drug-likeness (QED) is 0.0710. The normalized spacial score (nSPS) is 6.62. The average molecular weight is 232 g/mol. The Morgan fingerprint density at radius 3 is 1.75 bits per heavy atom. The van der Waals surface area contributed by atoms with Crippen molar-refractivity contribution in [3.8, 4) is 0 Å². The van der Waals surface area contributed by atoms with E-state index >= 15 is 0 Å². The van der Waals surface area contributed by atoms with Crippen molar-refractivity contribution in [2.24, 2.45) is 23.3 Å². The van der Waals surface area contributed by atoms with Gasteiger partial charge in [0.15, 0.2) is 0 Å². The Balaban J connectivity index is 0. The van der Waals surface area contributed by atoms with Crippen LogP contribution in [0.5, 0.6) is 0 Å². The topological polar surface area (TPSA) is 119 Å². The van der Waals surface area contributed by atoms with Gasteiger partial charge in [-0.05, 0) is 0 Å². The molecule has 0 aliphatic heterocycles. The molecule has 0 rings (SSSR count). The van der Waals surface area contributed by atoms with Gasteiger partial charge in [0.1, 0.15) is 0 Å². The van der Waals surface area contributed by atoms with Gasteiger partial charge in [-0.1, -0.05) is 4.79 Å². The Labute approximate surface area is 63.8 Å². The van der Waals surface area contributed by atoms with E-state index in [4.69, 9.17) is 23.3 Å². The SMILES string of the molecule is NNC(N)=[N+](N)N.[I-]. The Kier molecular flexibility index (Phi) is 6.20. The molecule has 8 heavy (non-hydrogen) atoms. The molecule has 0 fully saturated rings. The average Bonchev–Trinajstić information content (AvgIpc) is 1.65. The van der Waals surface area contributed by atoms with Gasteiger partial charge in [0.05, 0.1) is 0 Å². The number of nitrogens with one attached hydrogen (secondary N) is 1. The summed E-state index contributed by atoms with van der Waals surface area (Å²) in [6.45, 7) is 0. The Bertz CT molecular complexity index is 82.5. The van der Waals surface area contributed by atoms with Gasteiger partial charge < -0.3 is 24.0 Å². The summed E-state index contributed by atoms with van der Waals surface area (Å²) in [5, 5.41) is 0. The fourth-order valence-corrected chi connectivity index (χ4v) is 0.0745. The number of nitrogens with zero attached hydrogens (tertiary/aromatic N) is 1. The predicted molar refractivity (Wildman–Crippen MR) is 25.2 cm³/mol. The summed E-state index contributed by atoms with van der Waals surface area (Å²) in [6, 6.07) is 0. The molecule has 0 heterocycles. The minimum atomic E-state index is 0. The highest BCUT2D eigenvalue weighted by Crippen LogP contribution is 1.35. The third kappa shape index (κ3) is 3.74. The summed E-state index contributed by atoms with van der Waals surface area (Å²) in [5.41, 5.74) is 7.01. The van der Waals surface area contributed by atoms with E-state index < -0.39 is 0 Å². The molecular weight excluding hydrogens is 223 g/mol. The first-order valence-corrected chi connectivity index (χ1v) is 1.57. The largest absolute Gasteiger partial charge is 1.00 e. The molecule has 0 unspecified atom stereocenters. The van der Waals surface area contributed by atoms with Crippen molar-refractivity contribution < 1.29 is 28.8 Å². The molecular formula is CH9IN6. The van der Waals surface area contributed by atoms with Crippen LogP contribution in [0.25, 0.3) is 0 Å². The van der Waals surface area contributed by atoms with Gasteiger partial charge in [-0.3, -0.25) is 17.4 Å². The highest BCUT2D eigenvalue weighted by atomic mass is 127. The van der Waals surface area contributed by atoms with E-state index in [1.165, 1.54) is 0 Å². The van der Waals surface area contributed by atoms with Crippen LogP contribution in [-0.4, -0.2) is 10.8 Å². The van der Waals surface area contributed by atoms with E-state index in [1.807, 2.05) is 5.43 Å². The standard InChI is InChI=1S/CH8N6.HI/c2-1(6-3)7(4)5;/h3-5H2,(H2,2,6);1H. The molecule has 0 spiro atoms. The summed E-state index contributed by atoms with van der Waals surface area (Å²) in [7, 11) is 0. The molecule has 0 aliphatic rings. The second kappa shape index (κ2) is 4.71. The van der Waals surface area contributed by atoms with Crippen LogP contribution < -0.4 is 52.7 Å². The van der Waals surface area contributed by atoms with Gasteiger partial charge in [0, 0.05) is 0 Å². The molecule has 0 bridgehead atoms. The van der Waals surface area contributed by atoms with Crippen LogP contribution in [0.15, 0.2) is 0 Å². The molecule has 0 aromatic rings. The Morgan fingerprint density at radius 2 is 1.75 bits per heavy atom. The first kappa shape index (κ1) is 10.5. The lowest BCUT2D eigenvalue weighted by Gasteiger charge is -1.91. The summed E-state index contributed by atoms with van der Waals surface area (Å²) < 4.78 is 0. The summed E-state index contributed by atoms with van der Waals surface area (Å²) in [5.74, 6) is 14.5. The molecule has 0 aromatic heterocycles. The smallest absolute Gasteiger partial charge is 0.404 e. The van der Waals surface area contributed by atoms with Crippen molar-refractivity contribution in [2.45, 2.75) is 0 Å². The van der Waals surface area contributed by atoms with Crippen molar-refractivity contribution in [3.05, 3.63) is 0 Å². The molecule has 0 amide bonds. The van der Waals surface area contributed by atoms with Crippen LogP contribution in [-0.2, 0) is 0 Å².